The van der Waals surface area contributed by atoms with E-state index in [1.54, 1.807) is 12.1 Å². The molecule has 0 aliphatic carbocycles. The van der Waals surface area contributed by atoms with Crippen molar-refractivity contribution in [1.29, 1.82) is 0 Å². The predicted octanol–water partition coefficient (Wildman–Crippen LogP) is 3.19. The van der Waals surface area contributed by atoms with Gasteiger partial charge in [-0.15, -0.1) is 0 Å². The zero-order valence-corrected chi connectivity index (χ0v) is 11.3. The van der Waals surface area contributed by atoms with Gasteiger partial charge in [0.15, 0.2) is 0 Å². The average Bonchev–Trinajstić information content (AvgIpc) is 2.41. The van der Waals surface area contributed by atoms with Gasteiger partial charge in [-0.05, 0) is 49.1 Å². The summed E-state index contributed by atoms with van der Waals surface area (Å²) in [5, 5.41) is 0. The number of hydrogen-bond donors (Lipinski definition) is 2. The first-order chi connectivity index (χ1) is 9.10. The van der Waals surface area contributed by atoms with Gasteiger partial charge in [-0.2, -0.15) is 0 Å². The standard InChI is InChI=1S/C16H19FN2/c1-11-3-6-13(7-4-11)16(19-18)10-14-9-15(17)8-5-12(14)2/h3-9,16,19H,10,18H2,1-2H3. The van der Waals surface area contributed by atoms with Gasteiger partial charge in [0, 0.05) is 6.04 Å². The van der Waals surface area contributed by atoms with E-state index < -0.39 is 0 Å². The van der Waals surface area contributed by atoms with Crippen LogP contribution in [0, 0.1) is 19.7 Å². The van der Waals surface area contributed by atoms with Crippen molar-refractivity contribution in [2.45, 2.75) is 26.3 Å². The van der Waals surface area contributed by atoms with E-state index in [1.165, 1.54) is 11.6 Å². The molecule has 0 aliphatic heterocycles. The molecule has 0 aromatic heterocycles. The number of rotatable bonds is 4. The third kappa shape index (κ3) is 3.40. The van der Waals surface area contributed by atoms with Gasteiger partial charge < -0.3 is 0 Å². The van der Waals surface area contributed by atoms with Crippen LogP contribution in [0.2, 0.25) is 0 Å². The topological polar surface area (TPSA) is 38.0 Å². The molecule has 100 valence electrons. The lowest BCUT2D eigenvalue weighted by Crippen LogP contribution is -2.29. The van der Waals surface area contributed by atoms with E-state index in [-0.39, 0.29) is 11.9 Å². The van der Waals surface area contributed by atoms with Crippen molar-refractivity contribution in [2.75, 3.05) is 0 Å². The molecule has 0 spiro atoms. The Morgan fingerprint density at radius 3 is 2.42 bits per heavy atom. The summed E-state index contributed by atoms with van der Waals surface area (Å²) < 4.78 is 13.3. The van der Waals surface area contributed by atoms with Gasteiger partial charge in [0.05, 0.1) is 0 Å². The van der Waals surface area contributed by atoms with Gasteiger partial charge in [-0.3, -0.25) is 11.3 Å². The summed E-state index contributed by atoms with van der Waals surface area (Å²) in [4.78, 5) is 0. The molecule has 2 aromatic rings. The molecule has 3 N–H and O–H groups in total. The van der Waals surface area contributed by atoms with Crippen LogP contribution >= 0.6 is 0 Å². The van der Waals surface area contributed by atoms with Crippen molar-refractivity contribution in [3.8, 4) is 0 Å². The maximum atomic E-state index is 13.3. The van der Waals surface area contributed by atoms with E-state index in [1.807, 2.05) is 13.8 Å². The normalized spacial score (nSPS) is 12.4. The molecule has 0 fully saturated rings. The highest BCUT2D eigenvalue weighted by Gasteiger charge is 2.12. The van der Waals surface area contributed by atoms with Crippen LogP contribution in [0.25, 0.3) is 0 Å². The van der Waals surface area contributed by atoms with E-state index >= 15 is 0 Å². The second kappa shape index (κ2) is 5.95. The molecule has 2 nitrogen and oxygen atoms in total. The fraction of sp³-hybridized carbons (Fsp3) is 0.250. The molecular formula is C16H19FN2. The van der Waals surface area contributed by atoms with Crippen molar-refractivity contribution < 1.29 is 4.39 Å². The highest BCUT2D eigenvalue weighted by molar-refractivity contribution is 5.30. The second-order valence-corrected chi connectivity index (χ2v) is 4.90. The molecule has 19 heavy (non-hydrogen) atoms. The third-order valence-corrected chi connectivity index (χ3v) is 3.42. The van der Waals surface area contributed by atoms with Crippen LogP contribution in [0.5, 0.6) is 0 Å². The van der Waals surface area contributed by atoms with Gasteiger partial charge in [0.2, 0.25) is 0 Å². The zero-order chi connectivity index (χ0) is 13.8. The lowest BCUT2D eigenvalue weighted by Gasteiger charge is -2.18. The quantitative estimate of drug-likeness (QED) is 0.653. The lowest BCUT2D eigenvalue weighted by molar-refractivity contribution is 0.547. The SMILES string of the molecule is Cc1ccc(C(Cc2cc(F)ccc2C)NN)cc1. The summed E-state index contributed by atoms with van der Waals surface area (Å²) in [6.45, 7) is 4.03. The fourth-order valence-electron chi connectivity index (χ4n) is 2.15. The summed E-state index contributed by atoms with van der Waals surface area (Å²) in [6, 6.07) is 13.1. The van der Waals surface area contributed by atoms with Crippen LogP contribution in [-0.4, -0.2) is 0 Å². The molecule has 0 saturated carbocycles. The van der Waals surface area contributed by atoms with Crippen molar-refractivity contribution in [3.05, 3.63) is 70.5 Å². The first-order valence-corrected chi connectivity index (χ1v) is 6.38. The van der Waals surface area contributed by atoms with E-state index in [4.69, 9.17) is 5.84 Å². The first kappa shape index (κ1) is 13.7. The number of aryl methyl sites for hydroxylation is 2. The number of nitrogens with two attached hydrogens (primary N) is 1. The molecule has 0 bridgehead atoms. The van der Waals surface area contributed by atoms with E-state index in [0.717, 1.165) is 16.7 Å². The van der Waals surface area contributed by atoms with Crippen LogP contribution in [-0.2, 0) is 6.42 Å². The Kier molecular flexibility index (Phi) is 4.30. The highest BCUT2D eigenvalue weighted by Crippen LogP contribution is 2.21. The maximum Gasteiger partial charge on any atom is 0.123 e. The molecular weight excluding hydrogens is 239 g/mol. The third-order valence-electron chi connectivity index (χ3n) is 3.42. The van der Waals surface area contributed by atoms with Crippen LogP contribution in [0.15, 0.2) is 42.5 Å². The summed E-state index contributed by atoms with van der Waals surface area (Å²) in [7, 11) is 0. The average molecular weight is 258 g/mol. The van der Waals surface area contributed by atoms with E-state index in [0.29, 0.717) is 6.42 Å². The Balaban J connectivity index is 2.23. The van der Waals surface area contributed by atoms with Crippen LogP contribution in [0.1, 0.15) is 28.3 Å². The molecule has 0 aliphatic rings. The molecule has 0 amide bonds. The van der Waals surface area contributed by atoms with Crippen molar-refractivity contribution >= 4 is 0 Å². The van der Waals surface area contributed by atoms with Crippen molar-refractivity contribution in [2.24, 2.45) is 5.84 Å². The van der Waals surface area contributed by atoms with Crippen LogP contribution in [0.4, 0.5) is 4.39 Å². The highest BCUT2D eigenvalue weighted by atomic mass is 19.1. The molecule has 2 rings (SSSR count). The van der Waals surface area contributed by atoms with Gasteiger partial charge in [0.25, 0.3) is 0 Å². The molecule has 2 aromatic carbocycles. The van der Waals surface area contributed by atoms with Crippen LogP contribution < -0.4 is 11.3 Å². The van der Waals surface area contributed by atoms with E-state index in [9.17, 15) is 4.39 Å². The number of hydrazine groups is 1. The van der Waals surface area contributed by atoms with Gasteiger partial charge in [0.1, 0.15) is 5.82 Å². The Morgan fingerprint density at radius 1 is 1.11 bits per heavy atom. The number of halogens is 1. The minimum absolute atomic E-state index is 0.0129. The molecule has 0 heterocycles. The summed E-state index contributed by atoms with van der Waals surface area (Å²) in [5.74, 6) is 5.43. The van der Waals surface area contributed by atoms with Gasteiger partial charge in [-0.1, -0.05) is 35.9 Å². The fourth-order valence-corrected chi connectivity index (χ4v) is 2.15. The number of nitrogens with one attached hydrogen (secondary N) is 1. The number of benzene rings is 2. The van der Waals surface area contributed by atoms with Crippen LogP contribution in [0.3, 0.4) is 0 Å². The summed E-state index contributed by atoms with van der Waals surface area (Å²) in [6.07, 6.45) is 0.670. The minimum Gasteiger partial charge on any atom is -0.271 e. The Labute approximate surface area is 113 Å². The molecule has 0 saturated heterocycles. The molecule has 3 heteroatoms. The van der Waals surface area contributed by atoms with Crippen molar-refractivity contribution in [3.63, 3.8) is 0 Å². The number of hydrogen-bond acceptors (Lipinski definition) is 2. The molecule has 1 unspecified atom stereocenters. The predicted molar refractivity (Wildman–Crippen MR) is 76.1 cm³/mol. The van der Waals surface area contributed by atoms with Gasteiger partial charge >= 0.3 is 0 Å². The Hall–Kier alpha value is -1.71. The first-order valence-electron chi connectivity index (χ1n) is 6.38. The Bertz CT molecular complexity index is 549. The summed E-state index contributed by atoms with van der Waals surface area (Å²) in [5.41, 5.74) is 7.18. The monoisotopic (exact) mass is 258 g/mol. The molecule has 1 atom stereocenters. The van der Waals surface area contributed by atoms with Crippen molar-refractivity contribution in [1.82, 2.24) is 5.43 Å². The maximum absolute atomic E-state index is 13.3. The lowest BCUT2D eigenvalue weighted by atomic mass is 9.96. The molecule has 0 radical (unpaired) electrons. The van der Waals surface area contributed by atoms with Gasteiger partial charge in [-0.25, -0.2) is 4.39 Å². The van der Waals surface area contributed by atoms with E-state index in [2.05, 4.69) is 29.7 Å². The smallest absolute Gasteiger partial charge is 0.123 e. The minimum atomic E-state index is -0.208. The second-order valence-electron chi connectivity index (χ2n) is 4.90. The zero-order valence-electron chi connectivity index (χ0n) is 11.3. The Morgan fingerprint density at radius 2 is 1.79 bits per heavy atom. The summed E-state index contributed by atoms with van der Waals surface area (Å²) >= 11 is 0. The largest absolute Gasteiger partial charge is 0.271 e.